The highest BCUT2D eigenvalue weighted by molar-refractivity contribution is 7.93. The number of methoxy groups -OCH3 is 1. The van der Waals surface area contributed by atoms with Gasteiger partial charge < -0.3 is 9.64 Å². The molecule has 2 aliphatic rings. The second kappa shape index (κ2) is 9.16. The van der Waals surface area contributed by atoms with Crippen LogP contribution in [0.25, 0.3) is 0 Å². The van der Waals surface area contributed by atoms with Gasteiger partial charge in [0, 0.05) is 42.8 Å². The van der Waals surface area contributed by atoms with Crippen LogP contribution in [0.15, 0.2) is 47.6 Å². The summed E-state index contributed by atoms with van der Waals surface area (Å²) in [6.07, 6.45) is 3.43. The molecule has 2 saturated heterocycles. The minimum atomic E-state index is -4.32. The Hall–Kier alpha value is -2.69. The molecular formula is C23H27ClN4O5S. The third kappa shape index (κ3) is 3.93. The molecule has 2 aliphatic heterocycles. The molecule has 1 aromatic heterocycles. The summed E-state index contributed by atoms with van der Waals surface area (Å²) in [4.78, 5) is 31.7. The largest absolute Gasteiger partial charge is 0.495 e. The summed E-state index contributed by atoms with van der Waals surface area (Å²) >= 11 is 6.17. The van der Waals surface area contributed by atoms with Gasteiger partial charge in [-0.25, -0.2) is 8.42 Å². The number of pyridine rings is 1. The van der Waals surface area contributed by atoms with Crippen LogP contribution < -0.4 is 10.1 Å². The minimum Gasteiger partial charge on any atom is -0.495 e. The van der Waals surface area contributed by atoms with E-state index < -0.39 is 26.8 Å². The molecule has 1 N–H and O–H groups in total. The number of nitrogens with zero attached hydrogens (tertiary/aromatic N) is 3. The fraction of sp³-hybridized carbons (Fsp3) is 0.435. The summed E-state index contributed by atoms with van der Waals surface area (Å²) < 4.78 is 34.0. The maximum absolute atomic E-state index is 14.3. The number of piperazine rings is 1. The van der Waals surface area contributed by atoms with Gasteiger partial charge in [-0.2, -0.15) is 0 Å². The van der Waals surface area contributed by atoms with Crippen LogP contribution in [0.2, 0.25) is 5.02 Å². The number of hydrogen-bond acceptors (Lipinski definition) is 7. The van der Waals surface area contributed by atoms with Gasteiger partial charge in [-0.3, -0.25) is 24.8 Å². The summed E-state index contributed by atoms with van der Waals surface area (Å²) in [6.45, 7) is 3.56. The SMILES string of the molecule is COc1ccc(Cl)cc1S(=O)(=O)C12CN(C(C)C)C(=O)C(Cc3cccnc3)N1C(=O)CCN2. The minimum absolute atomic E-state index is 0.0719. The van der Waals surface area contributed by atoms with Crippen molar-refractivity contribution in [2.45, 2.75) is 48.7 Å². The third-order valence-corrected chi connectivity index (χ3v) is 8.79. The first-order chi connectivity index (χ1) is 16.1. The van der Waals surface area contributed by atoms with Crippen LogP contribution in [-0.2, 0) is 25.8 Å². The number of rotatable bonds is 6. The van der Waals surface area contributed by atoms with E-state index in [2.05, 4.69) is 10.3 Å². The number of ether oxygens (including phenoxy) is 1. The first-order valence-electron chi connectivity index (χ1n) is 11.0. The number of carbonyl (C=O) groups excluding carboxylic acids is 2. The van der Waals surface area contributed by atoms with Crippen molar-refractivity contribution >= 4 is 33.3 Å². The molecule has 0 radical (unpaired) electrons. The lowest BCUT2D eigenvalue weighted by molar-refractivity contribution is -0.165. The number of benzene rings is 1. The quantitative estimate of drug-likeness (QED) is 0.636. The molecule has 11 heteroatoms. The molecule has 34 heavy (non-hydrogen) atoms. The van der Waals surface area contributed by atoms with Gasteiger partial charge in [0.15, 0.2) is 0 Å². The highest BCUT2D eigenvalue weighted by atomic mass is 35.5. The Morgan fingerprint density at radius 1 is 1.29 bits per heavy atom. The fourth-order valence-electron chi connectivity index (χ4n) is 4.65. The average molecular weight is 507 g/mol. The molecule has 0 aliphatic carbocycles. The monoisotopic (exact) mass is 506 g/mol. The predicted molar refractivity (Wildman–Crippen MR) is 126 cm³/mol. The molecular weight excluding hydrogens is 480 g/mol. The van der Waals surface area contributed by atoms with Crippen molar-refractivity contribution in [1.29, 1.82) is 0 Å². The van der Waals surface area contributed by atoms with Gasteiger partial charge in [-0.05, 0) is 43.7 Å². The summed E-state index contributed by atoms with van der Waals surface area (Å²) in [5.74, 6) is -0.607. The zero-order valence-electron chi connectivity index (χ0n) is 19.2. The Morgan fingerprint density at radius 3 is 2.71 bits per heavy atom. The molecule has 0 bridgehead atoms. The third-order valence-electron chi connectivity index (χ3n) is 6.30. The first kappa shape index (κ1) is 24.4. The zero-order valence-corrected chi connectivity index (χ0v) is 20.8. The Balaban J connectivity index is 1.93. The predicted octanol–water partition coefficient (Wildman–Crippen LogP) is 1.85. The van der Waals surface area contributed by atoms with E-state index in [0.717, 1.165) is 5.56 Å². The lowest BCUT2D eigenvalue weighted by atomic mass is 9.98. The van der Waals surface area contributed by atoms with E-state index in [1.807, 2.05) is 13.8 Å². The van der Waals surface area contributed by atoms with Crippen LogP contribution in [0.4, 0.5) is 0 Å². The van der Waals surface area contributed by atoms with Crippen molar-refractivity contribution in [3.63, 3.8) is 0 Å². The molecule has 2 aromatic rings. The number of aromatic nitrogens is 1. The highest BCUT2D eigenvalue weighted by Gasteiger charge is 2.62. The van der Waals surface area contributed by atoms with E-state index in [9.17, 15) is 18.0 Å². The van der Waals surface area contributed by atoms with Crippen molar-refractivity contribution in [2.24, 2.45) is 0 Å². The Kier molecular flexibility index (Phi) is 6.58. The Labute approximate surface area is 204 Å². The van der Waals surface area contributed by atoms with Crippen LogP contribution in [-0.4, -0.2) is 72.3 Å². The molecule has 9 nitrogen and oxygen atoms in total. The Morgan fingerprint density at radius 2 is 2.06 bits per heavy atom. The van der Waals surface area contributed by atoms with Crippen molar-refractivity contribution in [3.8, 4) is 5.75 Å². The number of sulfone groups is 1. The van der Waals surface area contributed by atoms with Gasteiger partial charge >= 0.3 is 0 Å². The summed E-state index contributed by atoms with van der Waals surface area (Å²) in [5.41, 5.74) is 0.719. The van der Waals surface area contributed by atoms with E-state index in [4.69, 9.17) is 16.3 Å². The van der Waals surface area contributed by atoms with Gasteiger partial charge in [0.05, 0.1) is 13.7 Å². The van der Waals surface area contributed by atoms with E-state index in [-0.39, 0.29) is 53.5 Å². The number of halogens is 1. The van der Waals surface area contributed by atoms with E-state index in [1.165, 1.54) is 35.1 Å². The Bertz CT molecular complexity index is 1210. The van der Waals surface area contributed by atoms with Crippen LogP contribution in [0.1, 0.15) is 25.8 Å². The number of hydrogen-bond donors (Lipinski definition) is 1. The van der Waals surface area contributed by atoms with Gasteiger partial charge in [0.25, 0.3) is 0 Å². The number of amides is 2. The smallest absolute Gasteiger partial charge is 0.246 e. The normalized spacial score (nSPS) is 23.3. The fourth-order valence-corrected chi connectivity index (χ4v) is 7.04. The molecule has 2 atom stereocenters. The lowest BCUT2D eigenvalue weighted by Crippen LogP contribution is -2.80. The highest BCUT2D eigenvalue weighted by Crippen LogP contribution is 2.41. The van der Waals surface area contributed by atoms with Crippen molar-refractivity contribution in [2.75, 3.05) is 20.2 Å². The van der Waals surface area contributed by atoms with E-state index >= 15 is 0 Å². The summed E-state index contributed by atoms with van der Waals surface area (Å²) in [6, 6.07) is 6.54. The summed E-state index contributed by atoms with van der Waals surface area (Å²) in [7, 11) is -2.95. The van der Waals surface area contributed by atoms with Crippen LogP contribution in [0.3, 0.4) is 0 Å². The molecule has 4 rings (SSSR count). The lowest BCUT2D eigenvalue weighted by Gasteiger charge is -2.56. The van der Waals surface area contributed by atoms with E-state index in [1.54, 1.807) is 24.5 Å². The second-order valence-corrected chi connectivity index (χ2v) is 11.2. The van der Waals surface area contributed by atoms with Gasteiger partial charge in [0.1, 0.15) is 16.7 Å². The van der Waals surface area contributed by atoms with Gasteiger partial charge in [-0.15, -0.1) is 0 Å². The zero-order chi connectivity index (χ0) is 24.7. The average Bonchev–Trinajstić information content (AvgIpc) is 2.81. The maximum atomic E-state index is 14.3. The number of nitrogens with one attached hydrogen (secondary N) is 1. The maximum Gasteiger partial charge on any atom is 0.246 e. The first-order valence-corrected chi connectivity index (χ1v) is 12.8. The van der Waals surface area contributed by atoms with Gasteiger partial charge in [-0.1, -0.05) is 17.7 Å². The molecule has 0 spiro atoms. The topological polar surface area (TPSA) is 109 Å². The number of fused-ring (bicyclic) bond motifs is 1. The van der Waals surface area contributed by atoms with Crippen molar-refractivity contribution in [3.05, 3.63) is 53.3 Å². The molecule has 2 amide bonds. The summed E-state index contributed by atoms with van der Waals surface area (Å²) in [5, 5.41) is 3.32. The van der Waals surface area contributed by atoms with Crippen LogP contribution in [0.5, 0.6) is 5.75 Å². The molecule has 3 heterocycles. The van der Waals surface area contributed by atoms with Crippen molar-refractivity contribution in [1.82, 2.24) is 20.1 Å². The number of carbonyl (C=O) groups is 2. The molecule has 0 saturated carbocycles. The van der Waals surface area contributed by atoms with Crippen molar-refractivity contribution < 1.29 is 22.7 Å². The second-order valence-electron chi connectivity index (χ2n) is 8.66. The molecule has 182 valence electrons. The van der Waals surface area contributed by atoms with Crippen LogP contribution >= 0.6 is 11.6 Å². The van der Waals surface area contributed by atoms with Crippen LogP contribution in [0, 0.1) is 0 Å². The molecule has 1 aromatic carbocycles. The standard InChI is InChI=1S/C23H27ClN4O5S/c1-15(2)27-14-23(34(31,32)20-12-17(24)6-7-19(20)33-3)26-10-8-21(29)28(23)18(22(27)30)11-16-5-4-9-25-13-16/h4-7,9,12-13,15,18,26H,8,10-11,14H2,1-3H3. The van der Waals surface area contributed by atoms with Gasteiger partial charge in [0.2, 0.25) is 26.6 Å². The molecule has 2 fully saturated rings. The van der Waals surface area contributed by atoms with E-state index in [0.29, 0.717) is 0 Å². The molecule has 2 unspecified atom stereocenters.